The maximum Gasteiger partial charge on any atom is 0.319 e. The highest BCUT2D eigenvalue weighted by molar-refractivity contribution is 6.01. The number of benzene rings is 2. The molecule has 3 amide bonds. The van der Waals surface area contributed by atoms with Gasteiger partial charge < -0.3 is 30.6 Å². The number of carbonyl (C=O) groups excluding carboxylic acids is 2. The fourth-order valence-electron chi connectivity index (χ4n) is 2.85. The molecule has 4 N–H and O–H groups in total. The van der Waals surface area contributed by atoms with Gasteiger partial charge in [0, 0.05) is 37.0 Å². The number of ether oxygens (including phenoxy) is 3. The molecular formula is C22H23FN4O5. The van der Waals surface area contributed by atoms with Crippen molar-refractivity contribution in [1.29, 1.82) is 0 Å². The van der Waals surface area contributed by atoms with Gasteiger partial charge >= 0.3 is 6.03 Å². The van der Waals surface area contributed by atoms with Crippen LogP contribution >= 0.6 is 0 Å². The molecule has 168 valence electrons. The molecule has 0 bridgehead atoms. The molecule has 9 nitrogen and oxygen atoms in total. The quantitative estimate of drug-likeness (QED) is 0.414. The molecule has 1 heterocycles. The summed E-state index contributed by atoms with van der Waals surface area (Å²) in [6.45, 7) is -0.0905. The molecule has 3 rings (SSSR count). The number of anilines is 1. The molecule has 0 saturated carbocycles. The van der Waals surface area contributed by atoms with Gasteiger partial charge in [0.25, 0.3) is 5.91 Å². The second-order valence-electron chi connectivity index (χ2n) is 6.58. The standard InChI is InChI=1S/C22H23FN4O5/c1-30-10-11-31-20-13-18-16(12-17(20)21(24)28)19(6-8-25-18)32-15-4-2-14(3-5-15)27-22(29)26-9-7-23/h2-6,8,12-13H,7,9-11H2,1H3,(H2,24,28)(H2,26,27,29). The Hall–Kier alpha value is -3.92. The number of rotatable bonds is 10. The molecule has 0 radical (unpaired) electrons. The van der Waals surface area contributed by atoms with Gasteiger partial charge in [0.05, 0.1) is 17.7 Å². The van der Waals surface area contributed by atoms with E-state index < -0.39 is 18.6 Å². The van der Waals surface area contributed by atoms with Crippen LogP contribution < -0.4 is 25.8 Å². The van der Waals surface area contributed by atoms with Gasteiger partial charge in [-0.25, -0.2) is 9.18 Å². The summed E-state index contributed by atoms with van der Waals surface area (Å²) in [6.07, 6.45) is 1.58. The highest BCUT2D eigenvalue weighted by Gasteiger charge is 2.15. The molecule has 0 spiro atoms. The summed E-state index contributed by atoms with van der Waals surface area (Å²) in [5.41, 5.74) is 6.80. The van der Waals surface area contributed by atoms with E-state index in [1.54, 1.807) is 55.8 Å². The number of amides is 3. The summed E-state index contributed by atoms with van der Waals surface area (Å²) in [6, 6.07) is 11.0. The Labute approximate surface area is 183 Å². The summed E-state index contributed by atoms with van der Waals surface area (Å²) in [5, 5.41) is 5.54. The number of nitrogens with zero attached hydrogens (tertiary/aromatic N) is 1. The minimum Gasteiger partial charge on any atom is -0.490 e. The van der Waals surface area contributed by atoms with Crippen molar-refractivity contribution in [2.45, 2.75) is 0 Å². The van der Waals surface area contributed by atoms with Crippen LogP contribution in [0.15, 0.2) is 48.7 Å². The minimum absolute atomic E-state index is 0.0609. The average molecular weight is 442 g/mol. The second kappa shape index (κ2) is 10.9. The van der Waals surface area contributed by atoms with Crippen LogP contribution in [0.1, 0.15) is 10.4 Å². The molecule has 0 aliphatic heterocycles. The third kappa shape index (κ3) is 5.82. The molecule has 0 fully saturated rings. The van der Waals surface area contributed by atoms with Gasteiger partial charge in [0.2, 0.25) is 0 Å². The highest BCUT2D eigenvalue weighted by atomic mass is 19.1. The molecule has 10 heteroatoms. The average Bonchev–Trinajstić information content (AvgIpc) is 2.78. The van der Waals surface area contributed by atoms with E-state index >= 15 is 0 Å². The Morgan fingerprint density at radius 1 is 1.09 bits per heavy atom. The number of halogens is 1. The van der Waals surface area contributed by atoms with Crippen molar-refractivity contribution in [3.05, 3.63) is 54.2 Å². The summed E-state index contributed by atoms with van der Waals surface area (Å²) in [7, 11) is 1.55. The van der Waals surface area contributed by atoms with Crippen molar-refractivity contribution in [2.75, 3.05) is 38.9 Å². The van der Waals surface area contributed by atoms with Crippen molar-refractivity contribution < 1.29 is 28.2 Å². The molecular weight excluding hydrogens is 419 g/mol. The normalized spacial score (nSPS) is 10.6. The summed E-state index contributed by atoms with van der Waals surface area (Å²) < 4.78 is 28.7. The molecule has 2 aromatic carbocycles. The third-order valence-electron chi connectivity index (χ3n) is 4.33. The van der Waals surface area contributed by atoms with Crippen LogP contribution in [0.2, 0.25) is 0 Å². The van der Waals surface area contributed by atoms with Crippen LogP contribution in [0.5, 0.6) is 17.2 Å². The molecule has 0 atom stereocenters. The topological polar surface area (TPSA) is 125 Å². The van der Waals surface area contributed by atoms with Crippen molar-refractivity contribution in [1.82, 2.24) is 10.3 Å². The van der Waals surface area contributed by atoms with E-state index in [4.69, 9.17) is 19.9 Å². The number of fused-ring (bicyclic) bond motifs is 1. The number of carbonyl (C=O) groups is 2. The zero-order valence-corrected chi connectivity index (χ0v) is 17.4. The predicted octanol–water partition coefficient (Wildman–Crippen LogP) is 3.24. The van der Waals surface area contributed by atoms with Crippen LogP contribution in [-0.2, 0) is 4.74 Å². The maximum atomic E-state index is 12.1. The smallest absolute Gasteiger partial charge is 0.319 e. The zero-order valence-electron chi connectivity index (χ0n) is 17.4. The van der Waals surface area contributed by atoms with E-state index in [0.29, 0.717) is 40.4 Å². The van der Waals surface area contributed by atoms with Gasteiger partial charge in [-0.3, -0.25) is 9.78 Å². The van der Waals surface area contributed by atoms with Crippen LogP contribution in [0, 0.1) is 0 Å². The van der Waals surface area contributed by atoms with Crippen molar-refractivity contribution in [2.24, 2.45) is 5.73 Å². The van der Waals surface area contributed by atoms with Crippen LogP contribution in [0.3, 0.4) is 0 Å². The van der Waals surface area contributed by atoms with E-state index in [9.17, 15) is 14.0 Å². The number of primary amides is 1. The lowest BCUT2D eigenvalue weighted by Crippen LogP contribution is -2.30. The predicted molar refractivity (Wildman–Crippen MR) is 117 cm³/mol. The third-order valence-corrected chi connectivity index (χ3v) is 4.33. The first kappa shape index (κ1) is 22.8. The lowest BCUT2D eigenvalue weighted by molar-refractivity contribution is 0.0992. The number of aromatic nitrogens is 1. The summed E-state index contributed by atoms with van der Waals surface area (Å²) >= 11 is 0. The van der Waals surface area contributed by atoms with E-state index in [2.05, 4.69) is 15.6 Å². The van der Waals surface area contributed by atoms with Gasteiger partial charge in [-0.2, -0.15) is 0 Å². The van der Waals surface area contributed by atoms with Gasteiger partial charge in [-0.1, -0.05) is 0 Å². The molecule has 0 aliphatic carbocycles. The van der Waals surface area contributed by atoms with Gasteiger partial charge in [0.1, 0.15) is 30.5 Å². The molecule has 3 aromatic rings. The van der Waals surface area contributed by atoms with Gasteiger partial charge in [-0.05, 0) is 36.4 Å². The maximum absolute atomic E-state index is 12.1. The number of alkyl halides is 1. The van der Waals surface area contributed by atoms with Crippen molar-refractivity contribution in [3.63, 3.8) is 0 Å². The zero-order chi connectivity index (χ0) is 22.9. The van der Waals surface area contributed by atoms with Crippen LogP contribution in [-0.4, -0.2) is 50.5 Å². The van der Waals surface area contributed by atoms with E-state index in [0.717, 1.165) is 0 Å². The number of hydrogen-bond acceptors (Lipinski definition) is 6. The summed E-state index contributed by atoms with van der Waals surface area (Å²) in [5.74, 6) is 0.624. The fraction of sp³-hybridized carbons (Fsp3) is 0.227. The second-order valence-corrected chi connectivity index (χ2v) is 6.58. The Morgan fingerprint density at radius 2 is 1.88 bits per heavy atom. The number of urea groups is 1. The highest BCUT2D eigenvalue weighted by Crippen LogP contribution is 2.33. The number of nitrogens with two attached hydrogens (primary N) is 1. The van der Waals surface area contributed by atoms with Crippen LogP contribution in [0.25, 0.3) is 10.9 Å². The number of methoxy groups -OCH3 is 1. The molecule has 1 aromatic heterocycles. The minimum atomic E-state index is -0.643. The SMILES string of the molecule is COCCOc1cc2nccc(Oc3ccc(NC(=O)NCCF)cc3)c2cc1C(N)=O. The van der Waals surface area contributed by atoms with E-state index in [1.807, 2.05) is 0 Å². The van der Waals surface area contributed by atoms with Crippen molar-refractivity contribution in [3.8, 4) is 17.2 Å². The molecule has 0 unspecified atom stereocenters. The lowest BCUT2D eigenvalue weighted by atomic mass is 10.1. The molecule has 32 heavy (non-hydrogen) atoms. The van der Waals surface area contributed by atoms with Gasteiger partial charge in [0.15, 0.2) is 0 Å². The van der Waals surface area contributed by atoms with E-state index in [-0.39, 0.29) is 18.7 Å². The molecule has 0 aliphatic rings. The van der Waals surface area contributed by atoms with Gasteiger partial charge in [-0.15, -0.1) is 0 Å². The summed E-state index contributed by atoms with van der Waals surface area (Å²) in [4.78, 5) is 27.9. The first-order chi connectivity index (χ1) is 15.5. The first-order valence-corrected chi connectivity index (χ1v) is 9.75. The fourth-order valence-corrected chi connectivity index (χ4v) is 2.85. The van der Waals surface area contributed by atoms with E-state index in [1.165, 1.54) is 0 Å². The van der Waals surface area contributed by atoms with Crippen LogP contribution in [0.4, 0.5) is 14.9 Å². The largest absolute Gasteiger partial charge is 0.490 e. The van der Waals surface area contributed by atoms with Crippen molar-refractivity contribution >= 4 is 28.5 Å². The Bertz CT molecular complexity index is 1090. The first-order valence-electron chi connectivity index (χ1n) is 9.75. The Morgan fingerprint density at radius 3 is 2.56 bits per heavy atom. The molecule has 0 saturated heterocycles. The number of hydrogen-bond donors (Lipinski definition) is 3. The number of nitrogens with one attached hydrogen (secondary N) is 2. The Kier molecular flexibility index (Phi) is 7.76. The monoisotopic (exact) mass is 442 g/mol. The number of pyridine rings is 1. The lowest BCUT2D eigenvalue weighted by Gasteiger charge is -2.13. The Balaban J connectivity index is 1.82.